The maximum Gasteiger partial charge on any atom is 0.119 e. The molecule has 0 spiro atoms. The Hall–Kier alpha value is -1.20. The highest BCUT2D eigenvalue weighted by molar-refractivity contribution is 9.10. The van der Waals surface area contributed by atoms with Gasteiger partial charge in [0.25, 0.3) is 0 Å². The van der Waals surface area contributed by atoms with Crippen LogP contribution in [0.4, 0.5) is 0 Å². The number of halogens is 1. The van der Waals surface area contributed by atoms with Crippen LogP contribution in [0.15, 0.2) is 41.4 Å². The van der Waals surface area contributed by atoms with Gasteiger partial charge in [0.1, 0.15) is 12.7 Å². The molecule has 1 unspecified atom stereocenters. The van der Waals surface area contributed by atoms with E-state index >= 15 is 0 Å². The van der Waals surface area contributed by atoms with E-state index in [2.05, 4.69) is 26.1 Å². The van der Waals surface area contributed by atoms with Crippen molar-refractivity contribution >= 4 is 15.9 Å². The van der Waals surface area contributed by atoms with E-state index < -0.39 is 6.10 Å². The Morgan fingerprint density at radius 1 is 1.20 bits per heavy atom. The molecule has 1 atom stereocenters. The van der Waals surface area contributed by atoms with Gasteiger partial charge in [-0.3, -0.25) is 0 Å². The van der Waals surface area contributed by atoms with E-state index in [9.17, 15) is 5.11 Å². The van der Waals surface area contributed by atoms with Crippen molar-refractivity contribution < 1.29 is 5.11 Å². The maximum absolute atomic E-state index is 9.89. The van der Waals surface area contributed by atoms with Gasteiger partial charge in [-0.2, -0.15) is 0 Å². The van der Waals surface area contributed by atoms with Crippen molar-refractivity contribution in [2.75, 3.05) is 0 Å². The van der Waals surface area contributed by atoms with Crippen LogP contribution in [0, 0.1) is 0 Å². The van der Waals surface area contributed by atoms with E-state index in [0.29, 0.717) is 6.54 Å². The second kappa shape index (κ2) is 4.55. The Morgan fingerprint density at radius 2 is 1.80 bits per heavy atom. The first-order valence-electron chi connectivity index (χ1n) is 4.51. The van der Waals surface area contributed by atoms with Gasteiger partial charge < -0.3 is 9.67 Å². The molecule has 0 aliphatic heterocycles. The lowest BCUT2D eigenvalue weighted by Crippen LogP contribution is -2.06. The fraction of sp³-hybridized carbons (Fsp3) is 0.200. The molecule has 0 aliphatic carbocycles. The normalized spacial score (nSPS) is 12.7. The van der Waals surface area contributed by atoms with E-state index in [1.54, 1.807) is 17.2 Å². The quantitative estimate of drug-likeness (QED) is 0.923. The summed E-state index contributed by atoms with van der Waals surface area (Å²) in [6.07, 6.45) is 2.64. The molecule has 78 valence electrons. The summed E-state index contributed by atoms with van der Waals surface area (Å²) in [5.74, 6) is 0. The van der Waals surface area contributed by atoms with Crippen molar-refractivity contribution in [3.8, 4) is 0 Å². The predicted molar refractivity (Wildman–Crippen MR) is 59.1 cm³/mol. The van der Waals surface area contributed by atoms with Gasteiger partial charge in [-0.05, 0) is 17.7 Å². The second-order valence-electron chi connectivity index (χ2n) is 3.23. The monoisotopic (exact) mass is 267 g/mol. The largest absolute Gasteiger partial charge is 0.387 e. The van der Waals surface area contributed by atoms with Crippen LogP contribution in [0.3, 0.4) is 0 Å². The van der Waals surface area contributed by atoms with Crippen molar-refractivity contribution in [2.45, 2.75) is 12.6 Å². The van der Waals surface area contributed by atoms with Crippen LogP contribution < -0.4 is 0 Å². The van der Waals surface area contributed by atoms with Gasteiger partial charge in [0.05, 0.1) is 12.6 Å². The molecule has 4 nitrogen and oxygen atoms in total. The highest BCUT2D eigenvalue weighted by atomic mass is 79.9. The van der Waals surface area contributed by atoms with Crippen LogP contribution in [-0.4, -0.2) is 19.9 Å². The highest BCUT2D eigenvalue weighted by Crippen LogP contribution is 2.17. The van der Waals surface area contributed by atoms with Crippen LogP contribution in [-0.2, 0) is 6.54 Å². The molecule has 0 radical (unpaired) electrons. The average Bonchev–Trinajstić information content (AvgIpc) is 2.71. The molecule has 0 amide bonds. The molecule has 1 aromatic heterocycles. The zero-order valence-corrected chi connectivity index (χ0v) is 9.50. The third kappa shape index (κ3) is 2.64. The molecule has 5 heteroatoms. The number of aliphatic hydroxyl groups excluding tert-OH is 1. The van der Waals surface area contributed by atoms with Crippen molar-refractivity contribution in [1.82, 2.24) is 14.8 Å². The Balaban J connectivity index is 2.08. The zero-order valence-electron chi connectivity index (χ0n) is 7.92. The molecule has 1 aromatic carbocycles. The van der Waals surface area contributed by atoms with E-state index in [0.717, 1.165) is 10.0 Å². The molecule has 0 fully saturated rings. The van der Waals surface area contributed by atoms with Crippen molar-refractivity contribution in [3.05, 3.63) is 47.0 Å². The van der Waals surface area contributed by atoms with Crippen LogP contribution in [0.2, 0.25) is 0 Å². The summed E-state index contributed by atoms with van der Waals surface area (Å²) in [5.41, 5.74) is 0.881. The van der Waals surface area contributed by atoms with E-state index in [4.69, 9.17) is 0 Å². The Morgan fingerprint density at radius 3 is 2.40 bits per heavy atom. The lowest BCUT2D eigenvalue weighted by atomic mass is 10.1. The van der Waals surface area contributed by atoms with Crippen molar-refractivity contribution in [2.24, 2.45) is 0 Å². The number of hydrogen-bond donors (Lipinski definition) is 1. The minimum absolute atomic E-state index is 0.467. The summed E-state index contributed by atoms with van der Waals surface area (Å²) in [6, 6.07) is 7.59. The van der Waals surface area contributed by atoms with Crippen molar-refractivity contribution in [1.29, 1.82) is 0 Å². The molecule has 1 N–H and O–H groups in total. The number of aromatic nitrogens is 3. The lowest BCUT2D eigenvalue weighted by molar-refractivity contribution is 0.156. The first-order chi connectivity index (χ1) is 7.25. The topological polar surface area (TPSA) is 50.9 Å². The van der Waals surface area contributed by atoms with Gasteiger partial charge >= 0.3 is 0 Å². The number of benzene rings is 1. The van der Waals surface area contributed by atoms with Gasteiger partial charge in [0.15, 0.2) is 0 Å². The molecule has 1 heterocycles. The first-order valence-corrected chi connectivity index (χ1v) is 5.31. The third-order valence-electron chi connectivity index (χ3n) is 2.11. The molecule has 0 bridgehead atoms. The van der Waals surface area contributed by atoms with E-state index in [1.165, 1.54) is 0 Å². The smallest absolute Gasteiger partial charge is 0.119 e. The second-order valence-corrected chi connectivity index (χ2v) is 4.14. The first kappa shape index (κ1) is 10.3. The zero-order chi connectivity index (χ0) is 10.7. The van der Waals surface area contributed by atoms with E-state index in [1.807, 2.05) is 24.3 Å². The van der Waals surface area contributed by atoms with Crippen molar-refractivity contribution in [3.63, 3.8) is 0 Å². The molecule has 15 heavy (non-hydrogen) atoms. The number of nitrogens with zero attached hydrogens (tertiary/aromatic N) is 3. The number of hydrogen-bond acceptors (Lipinski definition) is 3. The summed E-state index contributed by atoms with van der Waals surface area (Å²) in [7, 11) is 0. The van der Waals surface area contributed by atoms with E-state index in [-0.39, 0.29) is 0 Å². The number of rotatable bonds is 3. The standard InChI is InChI=1S/C10H10BrN3O/c11-9-3-1-8(2-4-9)10(15)5-14-6-12-13-7-14/h1-4,6-7,10,15H,5H2. The Bertz CT molecular complexity index is 413. The predicted octanol–water partition coefficient (Wildman–Crippen LogP) is 1.77. The SMILES string of the molecule is OC(Cn1cnnc1)c1ccc(Br)cc1. The summed E-state index contributed by atoms with van der Waals surface area (Å²) in [6.45, 7) is 0.467. The van der Waals surface area contributed by atoms with Gasteiger partial charge in [-0.15, -0.1) is 10.2 Å². The molecule has 0 saturated carbocycles. The molecule has 2 aromatic rings. The fourth-order valence-electron chi connectivity index (χ4n) is 1.31. The average molecular weight is 268 g/mol. The van der Waals surface area contributed by atoms with Crippen LogP contribution >= 0.6 is 15.9 Å². The van der Waals surface area contributed by atoms with Gasteiger partial charge in [0.2, 0.25) is 0 Å². The Kier molecular flexibility index (Phi) is 3.13. The van der Waals surface area contributed by atoms with Gasteiger partial charge in [-0.25, -0.2) is 0 Å². The summed E-state index contributed by atoms with van der Waals surface area (Å²) >= 11 is 3.35. The van der Waals surface area contributed by atoms with Crippen LogP contribution in [0.1, 0.15) is 11.7 Å². The fourth-order valence-corrected chi connectivity index (χ4v) is 1.57. The minimum atomic E-state index is -0.533. The Labute approximate surface area is 95.7 Å². The molecule has 0 aliphatic rings. The molecular weight excluding hydrogens is 258 g/mol. The molecule has 2 rings (SSSR count). The minimum Gasteiger partial charge on any atom is -0.387 e. The molecule has 0 saturated heterocycles. The number of aliphatic hydroxyl groups is 1. The maximum atomic E-state index is 9.89. The summed E-state index contributed by atoms with van der Waals surface area (Å²) < 4.78 is 2.75. The van der Waals surface area contributed by atoms with Gasteiger partial charge in [-0.1, -0.05) is 28.1 Å². The molecular formula is C10H10BrN3O. The van der Waals surface area contributed by atoms with Crippen LogP contribution in [0.25, 0.3) is 0 Å². The van der Waals surface area contributed by atoms with Gasteiger partial charge in [0, 0.05) is 4.47 Å². The third-order valence-corrected chi connectivity index (χ3v) is 2.63. The summed E-state index contributed by atoms with van der Waals surface area (Å²) in [4.78, 5) is 0. The summed E-state index contributed by atoms with van der Waals surface area (Å²) in [5, 5.41) is 17.2. The highest BCUT2D eigenvalue weighted by Gasteiger charge is 2.07. The lowest BCUT2D eigenvalue weighted by Gasteiger charge is -2.10. The van der Waals surface area contributed by atoms with Crippen LogP contribution in [0.5, 0.6) is 0 Å².